The first kappa shape index (κ1) is 16.4. The summed E-state index contributed by atoms with van der Waals surface area (Å²) in [6.07, 6.45) is 0. The number of thiophene rings is 1. The lowest BCUT2D eigenvalue weighted by Crippen LogP contribution is -2.19. The number of aryl methyl sites for hydroxylation is 3. The van der Waals surface area contributed by atoms with Crippen molar-refractivity contribution in [3.05, 3.63) is 45.2 Å². The zero-order valence-electron chi connectivity index (χ0n) is 14.7. The summed E-state index contributed by atoms with van der Waals surface area (Å²) in [6, 6.07) is 3.83. The third kappa shape index (κ3) is 2.38. The van der Waals surface area contributed by atoms with Gasteiger partial charge < -0.3 is 0 Å². The second-order valence-corrected chi connectivity index (χ2v) is 8.02. The van der Waals surface area contributed by atoms with E-state index in [1.165, 1.54) is 27.7 Å². The van der Waals surface area contributed by atoms with Gasteiger partial charge in [0.2, 0.25) is 5.78 Å². The van der Waals surface area contributed by atoms with Crippen molar-refractivity contribution in [3.8, 4) is 0 Å². The minimum absolute atomic E-state index is 0.0559. The van der Waals surface area contributed by atoms with Gasteiger partial charge in [-0.1, -0.05) is 11.8 Å². The Morgan fingerprint density at radius 2 is 2.00 bits per heavy atom. The molecule has 9 nitrogen and oxygen atoms in total. The van der Waals surface area contributed by atoms with Crippen LogP contribution in [0.4, 0.5) is 0 Å². The molecule has 0 saturated carbocycles. The molecule has 0 radical (unpaired) electrons. The normalized spacial score (nSPS) is 12.0. The molecule has 0 aliphatic rings. The fourth-order valence-electron chi connectivity index (χ4n) is 3.17. The Balaban J connectivity index is 1.60. The fraction of sp³-hybridized carbons (Fsp3) is 0.250. The lowest BCUT2D eigenvalue weighted by atomic mass is 10.4. The maximum absolute atomic E-state index is 12.4. The topological polar surface area (TPSA) is 95.3 Å². The summed E-state index contributed by atoms with van der Waals surface area (Å²) in [5.74, 6) is 2.66. The standard InChI is InChI=1S/C16H14N8OS2/c1-8-6-11-18-21-16(23(11)9(2)17-8)27-7-12-19-20-15-22(3)14(25)13-10(24(12)15)4-5-26-13/h4-6H,7H2,1-3H3. The molecule has 0 atom stereocenters. The van der Waals surface area contributed by atoms with Crippen LogP contribution in [0.25, 0.3) is 21.6 Å². The third-order valence-corrected chi connectivity index (χ3v) is 6.20. The summed E-state index contributed by atoms with van der Waals surface area (Å²) < 4.78 is 6.08. The van der Waals surface area contributed by atoms with Gasteiger partial charge in [0.25, 0.3) is 5.56 Å². The van der Waals surface area contributed by atoms with E-state index < -0.39 is 0 Å². The highest BCUT2D eigenvalue weighted by atomic mass is 32.2. The molecule has 0 N–H and O–H groups in total. The van der Waals surface area contributed by atoms with Crippen LogP contribution < -0.4 is 5.56 Å². The molecule has 0 fully saturated rings. The van der Waals surface area contributed by atoms with E-state index in [0.29, 0.717) is 16.2 Å². The number of hydrogen-bond acceptors (Lipinski definition) is 8. The van der Waals surface area contributed by atoms with E-state index in [0.717, 1.165) is 33.7 Å². The van der Waals surface area contributed by atoms with Crippen LogP contribution in [-0.2, 0) is 12.8 Å². The molecule has 0 unspecified atom stereocenters. The monoisotopic (exact) mass is 398 g/mol. The van der Waals surface area contributed by atoms with Crippen LogP contribution >= 0.6 is 23.1 Å². The zero-order chi connectivity index (χ0) is 18.7. The highest BCUT2D eigenvalue weighted by Gasteiger charge is 2.17. The van der Waals surface area contributed by atoms with Crippen LogP contribution in [0.1, 0.15) is 17.3 Å². The van der Waals surface area contributed by atoms with Gasteiger partial charge in [-0.25, -0.2) is 4.98 Å². The molecule has 0 aliphatic carbocycles. The third-order valence-electron chi connectivity index (χ3n) is 4.39. The SMILES string of the molecule is Cc1cc2nnc(SCc3nnc4n(C)c(=O)c5sccc5n34)n2c(C)n1. The molecule has 5 aromatic rings. The number of fused-ring (bicyclic) bond motifs is 4. The maximum Gasteiger partial charge on any atom is 0.272 e. The van der Waals surface area contributed by atoms with Crippen molar-refractivity contribution in [3.63, 3.8) is 0 Å². The predicted molar refractivity (Wildman–Crippen MR) is 103 cm³/mol. The van der Waals surface area contributed by atoms with Gasteiger partial charge >= 0.3 is 0 Å². The van der Waals surface area contributed by atoms with E-state index in [-0.39, 0.29) is 5.56 Å². The van der Waals surface area contributed by atoms with Crippen molar-refractivity contribution in [2.24, 2.45) is 7.05 Å². The molecule has 0 aliphatic heterocycles. The van der Waals surface area contributed by atoms with Crippen LogP contribution in [0.3, 0.4) is 0 Å². The average molecular weight is 398 g/mol. The molecule has 136 valence electrons. The summed E-state index contributed by atoms with van der Waals surface area (Å²) in [5, 5.41) is 19.7. The van der Waals surface area contributed by atoms with E-state index >= 15 is 0 Å². The first-order valence-electron chi connectivity index (χ1n) is 8.17. The van der Waals surface area contributed by atoms with E-state index in [1.54, 1.807) is 7.05 Å². The van der Waals surface area contributed by atoms with Gasteiger partial charge in [-0.3, -0.25) is 18.2 Å². The summed E-state index contributed by atoms with van der Waals surface area (Å²) in [6.45, 7) is 3.87. The van der Waals surface area contributed by atoms with Gasteiger partial charge in [0.1, 0.15) is 16.3 Å². The quantitative estimate of drug-likeness (QED) is 0.429. The van der Waals surface area contributed by atoms with Crippen molar-refractivity contribution in [2.75, 3.05) is 0 Å². The molecule has 11 heteroatoms. The van der Waals surface area contributed by atoms with Crippen molar-refractivity contribution in [1.29, 1.82) is 0 Å². The summed E-state index contributed by atoms with van der Waals surface area (Å²) in [5.41, 5.74) is 2.46. The summed E-state index contributed by atoms with van der Waals surface area (Å²) in [7, 11) is 1.71. The van der Waals surface area contributed by atoms with Crippen LogP contribution in [0, 0.1) is 13.8 Å². The second-order valence-electron chi connectivity index (χ2n) is 6.16. The Morgan fingerprint density at radius 3 is 2.85 bits per heavy atom. The van der Waals surface area contributed by atoms with Crippen molar-refractivity contribution < 1.29 is 0 Å². The molecular weight excluding hydrogens is 384 g/mol. The van der Waals surface area contributed by atoms with Crippen LogP contribution in [0.15, 0.2) is 27.5 Å². The van der Waals surface area contributed by atoms with Crippen molar-refractivity contribution in [1.82, 2.24) is 38.7 Å². The number of nitrogens with zero attached hydrogens (tertiary/aromatic N) is 8. The maximum atomic E-state index is 12.4. The molecule has 0 aromatic carbocycles. The molecule has 0 spiro atoms. The molecule has 5 rings (SSSR count). The van der Waals surface area contributed by atoms with Crippen LogP contribution in [0.5, 0.6) is 0 Å². The highest BCUT2D eigenvalue weighted by molar-refractivity contribution is 7.98. The molecule has 0 bridgehead atoms. The number of hydrogen-bond donors (Lipinski definition) is 0. The Hall–Kier alpha value is -2.79. The lowest BCUT2D eigenvalue weighted by Gasteiger charge is -2.05. The molecule has 0 saturated heterocycles. The van der Waals surface area contributed by atoms with Crippen molar-refractivity contribution >= 4 is 44.7 Å². The van der Waals surface area contributed by atoms with Gasteiger partial charge in [0.05, 0.1) is 11.3 Å². The van der Waals surface area contributed by atoms with Gasteiger partial charge in [-0.05, 0) is 25.3 Å². The van der Waals surface area contributed by atoms with Gasteiger partial charge in [-0.2, -0.15) is 0 Å². The number of thioether (sulfide) groups is 1. The molecule has 5 heterocycles. The predicted octanol–water partition coefficient (Wildman–Crippen LogP) is 1.99. The Morgan fingerprint density at radius 1 is 1.15 bits per heavy atom. The van der Waals surface area contributed by atoms with Crippen molar-refractivity contribution in [2.45, 2.75) is 24.8 Å². The summed E-state index contributed by atoms with van der Waals surface area (Å²) in [4.78, 5) is 16.9. The smallest absolute Gasteiger partial charge is 0.272 e. The Bertz CT molecular complexity index is 1390. The Labute approximate surface area is 160 Å². The second kappa shape index (κ2) is 5.86. The molecule has 5 aromatic heterocycles. The first-order valence-corrected chi connectivity index (χ1v) is 10.0. The number of rotatable bonds is 3. The van der Waals surface area contributed by atoms with Gasteiger partial charge in [0.15, 0.2) is 10.8 Å². The van der Waals surface area contributed by atoms with E-state index in [2.05, 4.69) is 25.4 Å². The minimum atomic E-state index is -0.0559. The van der Waals surface area contributed by atoms with E-state index in [4.69, 9.17) is 0 Å². The molecule has 0 amide bonds. The zero-order valence-corrected chi connectivity index (χ0v) is 16.4. The van der Waals surface area contributed by atoms with Gasteiger partial charge in [0, 0.05) is 18.8 Å². The Kier molecular flexibility index (Phi) is 3.56. The minimum Gasteiger partial charge on any atom is -0.279 e. The lowest BCUT2D eigenvalue weighted by molar-refractivity contribution is 0.851. The average Bonchev–Trinajstić information content (AvgIpc) is 3.35. The van der Waals surface area contributed by atoms with E-state index in [1.807, 2.05) is 40.2 Å². The van der Waals surface area contributed by atoms with Crippen LogP contribution in [0.2, 0.25) is 0 Å². The first-order chi connectivity index (χ1) is 13.0. The van der Waals surface area contributed by atoms with Gasteiger partial charge in [-0.15, -0.1) is 31.7 Å². The highest BCUT2D eigenvalue weighted by Crippen LogP contribution is 2.25. The molecule has 27 heavy (non-hydrogen) atoms. The van der Waals surface area contributed by atoms with Crippen LogP contribution in [-0.4, -0.2) is 38.7 Å². The van der Waals surface area contributed by atoms with E-state index in [9.17, 15) is 4.79 Å². The largest absolute Gasteiger partial charge is 0.279 e. The fourth-order valence-corrected chi connectivity index (χ4v) is 4.92. The molecular formula is C16H14N8OS2. The number of aromatic nitrogens is 8. The summed E-state index contributed by atoms with van der Waals surface area (Å²) >= 11 is 2.94.